The van der Waals surface area contributed by atoms with Crippen LogP contribution in [-0.4, -0.2) is 65.7 Å². The highest BCUT2D eigenvalue weighted by Crippen LogP contribution is 2.28. The number of amides is 1. The Hall–Kier alpha value is -1.68. The summed E-state index contributed by atoms with van der Waals surface area (Å²) in [4.78, 5) is 10.8. The molecule has 1 aromatic rings. The molecule has 9 heteroatoms. The standard InChI is InChI=1S/C18H31N3O5S/c1-5-20(4)27(25,26)21(14-15(2)3)18(24,11-12-19-17(22)23)13-16-9-7-6-8-10-16/h6-10,15,19,24H,5,11-14H2,1-4H3,(H,22,23). The molecule has 1 rings (SSSR count). The van der Waals surface area contributed by atoms with E-state index in [2.05, 4.69) is 5.32 Å². The average molecular weight is 402 g/mol. The van der Waals surface area contributed by atoms with Crippen LogP contribution in [0.5, 0.6) is 0 Å². The quantitative estimate of drug-likeness (QED) is 0.489. The Balaban J connectivity index is 3.32. The number of carbonyl (C=O) groups is 1. The molecule has 0 aliphatic rings. The van der Waals surface area contributed by atoms with Gasteiger partial charge in [0.15, 0.2) is 0 Å². The molecule has 0 fully saturated rings. The lowest BCUT2D eigenvalue weighted by atomic mass is 9.98. The van der Waals surface area contributed by atoms with Gasteiger partial charge in [0.2, 0.25) is 0 Å². The van der Waals surface area contributed by atoms with Gasteiger partial charge in [-0.3, -0.25) is 0 Å². The summed E-state index contributed by atoms with van der Waals surface area (Å²) in [7, 11) is -2.47. The van der Waals surface area contributed by atoms with Crippen molar-refractivity contribution in [2.24, 2.45) is 5.92 Å². The number of aliphatic hydroxyl groups is 1. The molecule has 1 unspecified atom stereocenters. The minimum Gasteiger partial charge on any atom is -0.465 e. The Bertz CT molecular complexity index is 696. The van der Waals surface area contributed by atoms with E-state index in [4.69, 9.17) is 5.11 Å². The second-order valence-electron chi connectivity index (χ2n) is 6.97. The molecule has 0 aromatic heterocycles. The zero-order valence-corrected chi connectivity index (χ0v) is 17.2. The molecule has 1 amide bonds. The number of nitrogens with zero attached hydrogens (tertiary/aromatic N) is 2. The Morgan fingerprint density at radius 2 is 1.85 bits per heavy atom. The normalized spacial score (nSPS) is 14.5. The summed E-state index contributed by atoms with van der Waals surface area (Å²) < 4.78 is 28.5. The van der Waals surface area contributed by atoms with E-state index in [1.807, 2.05) is 32.0 Å². The molecule has 0 aliphatic heterocycles. The molecule has 0 spiro atoms. The maximum absolute atomic E-state index is 13.1. The van der Waals surface area contributed by atoms with Crippen molar-refractivity contribution >= 4 is 16.3 Å². The molecule has 27 heavy (non-hydrogen) atoms. The Morgan fingerprint density at radius 1 is 1.26 bits per heavy atom. The average Bonchev–Trinajstić information content (AvgIpc) is 2.59. The van der Waals surface area contributed by atoms with Crippen LogP contribution in [0.1, 0.15) is 32.8 Å². The van der Waals surface area contributed by atoms with Gasteiger partial charge in [-0.2, -0.15) is 17.0 Å². The second kappa shape index (κ2) is 10.0. The molecule has 0 heterocycles. The van der Waals surface area contributed by atoms with Crippen LogP contribution in [-0.2, 0) is 16.6 Å². The molecule has 0 aliphatic carbocycles. The SMILES string of the molecule is CCN(C)S(=O)(=O)N(CC(C)C)C(O)(CCNC(=O)O)Cc1ccccc1. The lowest BCUT2D eigenvalue weighted by Crippen LogP contribution is -2.58. The van der Waals surface area contributed by atoms with Gasteiger partial charge in [-0.1, -0.05) is 51.1 Å². The van der Waals surface area contributed by atoms with Crippen molar-refractivity contribution in [1.82, 2.24) is 13.9 Å². The van der Waals surface area contributed by atoms with Gasteiger partial charge in [-0.15, -0.1) is 0 Å². The first-order chi connectivity index (χ1) is 12.5. The van der Waals surface area contributed by atoms with Gasteiger partial charge < -0.3 is 15.5 Å². The summed E-state index contributed by atoms with van der Waals surface area (Å²) in [5.41, 5.74) is -1.01. The molecule has 0 saturated carbocycles. The zero-order valence-electron chi connectivity index (χ0n) is 16.4. The third-order valence-corrected chi connectivity index (χ3v) is 6.34. The highest BCUT2D eigenvalue weighted by atomic mass is 32.2. The van der Waals surface area contributed by atoms with E-state index in [9.17, 15) is 18.3 Å². The molecule has 1 aromatic carbocycles. The molecule has 0 radical (unpaired) electrons. The number of benzene rings is 1. The fourth-order valence-electron chi connectivity index (χ4n) is 2.74. The minimum absolute atomic E-state index is 0.0280. The van der Waals surface area contributed by atoms with E-state index in [0.29, 0.717) is 0 Å². The van der Waals surface area contributed by atoms with Crippen molar-refractivity contribution in [3.63, 3.8) is 0 Å². The molecule has 3 N–H and O–H groups in total. The van der Waals surface area contributed by atoms with Gasteiger partial charge in [-0.05, 0) is 11.5 Å². The topological polar surface area (TPSA) is 110 Å². The Morgan fingerprint density at radius 3 is 2.33 bits per heavy atom. The summed E-state index contributed by atoms with van der Waals surface area (Å²) in [6.07, 6.45) is -1.24. The van der Waals surface area contributed by atoms with E-state index in [1.165, 1.54) is 11.4 Å². The summed E-state index contributed by atoms with van der Waals surface area (Å²) in [6, 6.07) is 9.07. The molecule has 8 nitrogen and oxygen atoms in total. The van der Waals surface area contributed by atoms with E-state index in [-0.39, 0.29) is 38.4 Å². The van der Waals surface area contributed by atoms with E-state index < -0.39 is 22.0 Å². The van der Waals surface area contributed by atoms with Gasteiger partial charge in [0, 0.05) is 39.5 Å². The first-order valence-corrected chi connectivity index (χ1v) is 10.4. The second-order valence-corrected chi connectivity index (χ2v) is 8.93. The van der Waals surface area contributed by atoms with Crippen LogP contribution in [0.15, 0.2) is 30.3 Å². The van der Waals surface area contributed by atoms with Crippen LogP contribution in [0.2, 0.25) is 0 Å². The molecule has 154 valence electrons. The van der Waals surface area contributed by atoms with Gasteiger partial charge >= 0.3 is 6.09 Å². The van der Waals surface area contributed by atoms with Crippen LogP contribution in [0.25, 0.3) is 0 Å². The van der Waals surface area contributed by atoms with Crippen LogP contribution < -0.4 is 5.32 Å². The first-order valence-electron chi connectivity index (χ1n) is 9.00. The van der Waals surface area contributed by atoms with Crippen molar-refractivity contribution in [1.29, 1.82) is 0 Å². The predicted octanol–water partition coefficient (Wildman–Crippen LogP) is 1.73. The molecular weight excluding hydrogens is 370 g/mol. The smallest absolute Gasteiger partial charge is 0.404 e. The van der Waals surface area contributed by atoms with Gasteiger partial charge in [0.1, 0.15) is 5.72 Å². The molecule has 1 atom stereocenters. The van der Waals surface area contributed by atoms with Crippen molar-refractivity contribution in [2.75, 3.05) is 26.7 Å². The summed E-state index contributed by atoms with van der Waals surface area (Å²) >= 11 is 0. The van der Waals surface area contributed by atoms with E-state index >= 15 is 0 Å². The molecule has 0 saturated heterocycles. The van der Waals surface area contributed by atoms with Crippen LogP contribution >= 0.6 is 0 Å². The van der Waals surface area contributed by atoms with Crippen molar-refractivity contribution in [3.8, 4) is 0 Å². The Kier molecular flexibility index (Phi) is 8.67. The number of hydrogen-bond donors (Lipinski definition) is 3. The minimum atomic E-state index is -3.93. The number of rotatable bonds is 11. The maximum Gasteiger partial charge on any atom is 0.404 e. The fourth-order valence-corrected chi connectivity index (χ4v) is 4.47. The van der Waals surface area contributed by atoms with Crippen LogP contribution in [0.4, 0.5) is 4.79 Å². The largest absolute Gasteiger partial charge is 0.465 e. The summed E-state index contributed by atoms with van der Waals surface area (Å²) in [5, 5.41) is 22.5. The number of nitrogens with one attached hydrogen (secondary N) is 1. The highest BCUT2D eigenvalue weighted by molar-refractivity contribution is 7.86. The monoisotopic (exact) mass is 401 g/mol. The van der Waals surface area contributed by atoms with E-state index in [0.717, 1.165) is 9.87 Å². The Labute approximate surface area is 162 Å². The lowest BCUT2D eigenvalue weighted by molar-refractivity contribution is -0.0724. The van der Waals surface area contributed by atoms with Gasteiger partial charge in [0.25, 0.3) is 10.2 Å². The highest BCUT2D eigenvalue weighted by Gasteiger charge is 2.43. The van der Waals surface area contributed by atoms with E-state index in [1.54, 1.807) is 19.1 Å². The fraction of sp³-hybridized carbons (Fsp3) is 0.611. The summed E-state index contributed by atoms with van der Waals surface area (Å²) in [5.74, 6) is -0.0280. The summed E-state index contributed by atoms with van der Waals surface area (Å²) in [6.45, 7) is 5.75. The molecule has 0 bridgehead atoms. The van der Waals surface area contributed by atoms with Gasteiger partial charge in [-0.25, -0.2) is 4.79 Å². The van der Waals surface area contributed by atoms with Crippen molar-refractivity contribution in [3.05, 3.63) is 35.9 Å². The number of carboxylic acid groups (broad SMARTS) is 1. The van der Waals surface area contributed by atoms with Crippen LogP contribution in [0, 0.1) is 5.92 Å². The third-order valence-electron chi connectivity index (χ3n) is 4.24. The maximum atomic E-state index is 13.1. The lowest BCUT2D eigenvalue weighted by Gasteiger charge is -2.41. The third kappa shape index (κ3) is 6.76. The molecular formula is C18H31N3O5S. The number of hydrogen-bond acceptors (Lipinski definition) is 4. The van der Waals surface area contributed by atoms with Gasteiger partial charge in [0.05, 0.1) is 0 Å². The van der Waals surface area contributed by atoms with Crippen LogP contribution in [0.3, 0.4) is 0 Å². The van der Waals surface area contributed by atoms with Crippen molar-refractivity contribution < 1.29 is 23.4 Å². The predicted molar refractivity (Wildman–Crippen MR) is 105 cm³/mol. The van der Waals surface area contributed by atoms with Crippen molar-refractivity contribution in [2.45, 2.75) is 39.3 Å². The first kappa shape index (κ1) is 23.4. The zero-order chi connectivity index (χ0) is 20.7.